The average Bonchev–Trinajstić information content (AvgIpc) is 2.34. The second-order valence-corrected chi connectivity index (χ2v) is 5.54. The zero-order chi connectivity index (χ0) is 11.4. The molecule has 16 heavy (non-hydrogen) atoms. The minimum absolute atomic E-state index is 0.404. The number of nitrogens with two attached hydrogens (primary N) is 1. The number of benzene rings is 1. The number of thioether (sulfide) groups is 1. The van der Waals surface area contributed by atoms with Crippen molar-refractivity contribution in [3.63, 3.8) is 0 Å². The molecule has 0 bridgehead atoms. The third-order valence-corrected chi connectivity index (χ3v) is 4.11. The first-order valence-corrected chi connectivity index (χ1v) is 7.05. The van der Waals surface area contributed by atoms with E-state index in [0.717, 1.165) is 0 Å². The molecule has 0 radical (unpaired) electrons. The van der Waals surface area contributed by atoms with E-state index in [4.69, 9.17) is 5.73 Å². The molecule has 1 unspecified atom stereocenters. The predicted molar refractivity (Wildman–Crippen MR) is 71.9 cm³/mol. The Labute approximate surface area is 102 Å². The third kappa shape index (κ3) is 2.78. The molecule has 0 spiro atoms. The number of hydrogen-bond donors (Lipinski definition) is 1. The van der Waals surface area contributed by atoms with E-state index in [-0.39, 0.29) is 0 Å². The van der Waals surface area contributed by atoms with Crippen molar-refractivity contribution in [2.24, 2.45) is 5.73 Å². The van der Waals surface area contributed by atoms with Crippen molar-refractivity contribution in [2.75, 3.05) is 31.1 Å². The molecule has 2 rings (SSSR count). The minimum Gasteiger partial charge on any atom is -0.329 e. The van der Waals surface area contributed by atoms with E-state index in [1.165, 1.54) is 35.7 Å². The van der Waals surface area contributed by atoms with Gasteiger partial charge in [0.25, 0.3) is 0 Å². The fraction of sp³-hybridized carbons (Fsp3) is 0.538. The summed E-state index contributed by atoms with van der Waals surface area (Å²) in [5.41, 5.74) is 8.60. The Morgan fingerprint density at radius 1 is 1.25 bits per heavy atom. The monoisotopic (exact) mass is 236 g/mol. The normalized spacial score (nSPS) is 19.6. The van der Waals surface area contributed by atoms with Crippen molar-refractivity contribution in [3.05, 3.63) is 35.4 Å². The summed E-state index contributed by atoms with van der Waals surface area (Å²) in [7, 11) is 0. The lowest BCUT2D eigenvalue weighted by atomic mass is 10.0. The van der Waals surface area contributed by atoms with Gasteiger partial charge >= 0.3 is 0 Å². The second-order valence-electron chi connectivity index (χ2n) is 4.31. The summed E-state index contributed by atoms with van der Waals surface area (Å²) in [5.74, 6) is 2.48. The minimum atomic E-state index is 0.404. The van der Waals surface area contributed by atoms with Gasteiger partial charge in [-0.15, -0.1) is 0 Å². The van der Waals surface area contributed by atoms with Crippen LogP contribution in [0.25, 0.3) is 0 Å². The summed E-state index contributed by atoms with van der Waals surface area (Å²) in [4.78, 5) is 2.52. The van der Waals surface area contributed by atoms with Crippen LogP contribution in [-0.2, 0) is 0 Å². The molecular formula is C13H20N2S. The molecule has 1 aliphatic heterocycles. The lowest BCUT2D eigenvalue weighted by Gasteiger charge is -2.34. The van der Waals surface area contributed by atoms with Crippen LogP contribution in [0.1, 0.15) is 17.2 Å². The number of nitrogens with zero attached hydrogens (tertiary/aromatic N) is 1. The van der Waals surface area contributed by atoms with E-state index in [1.54, 1.807) is 0 Å². The van der Waals surface area contributed by atoms with Gasteiger partial charge < -0.3 is 5.73 Å². The zero-order valence-corrected chi connectivity index (χ0v) is 10.7. The zero-order valence-electron chi connectivity index (χ0n) is 9.86. The van der Waals surface area contributed by atoms with Gasteiger partial charge in [-0.2, -0.15) is 11.8 Å². The van der Waals surface area contributed by atoms with Crippen LogP contribution in [0.3, 0.4) is 0 Å². The molecule has 88 valence electrons. The molecule has 2 N–H and O–H groups in total. The Morgan fingerprint density at radius 2 is 1.88 bits per heavy atom. The highest BCUT2D eigenvalue weighted by Crippen LogP contribution is 2.23. The molecule has 3 heteroatoms. The van der Waals surface area contributed by atoms with Crippen molar-refractivity contribution in [1.29, 1.82) is 0 Å². The molecule has 2 nitrogen and oxygen atoms in total. The summed E-state index contributed by atoms with van der Waals surface area (Å²) in [6.45, 7) is 5.17. The fourth-order valence-corrected chi connectivity index (χ4v) is 3.11. The van der Waals surface area contributed by atoms with E-state index < -0.39 is 0 Å². The van der Waals surface area contributed by atoms with Crippen molar-refractivity contribution >= 4 is 11.8 Å². The lowest BCUT2D eigenvalue weighted by Crippen LogP contribution is -2.39. The molecule has 1 fully saturated rings. The third-order valence-electron chi connectivity index (χ3n) is 3.17. The molecule has 1 atom stereocenters. The molecule has 1 aliphatic rings. The SMILES string of the molecule is Cc1ccc(C(CN)N2CCSCC2)cc1. The van der Waals surface area contributed by atoms with Crippen molar-refractivity contribution in [3.8, 4) is 0 Å². The smallest absolute Gasteiger partial charge is 0.0471 e. The van der Waals surface area contributed by atoms with Gasteiger partial charge in [-0.25, -0.2) is 0 Å². The second kappa shape index (κ2) is 5.71. The van der Waals surface area contributed by atoms with Gasteiger partial charge in [-0.1, -0.05) is 29.8 Å². The molecule has 0 aliphatic carbocycles. The maximum absolute atomic E-state index is 5.93. The van der Waals surface area contributed by atoms with E-state index in [0.29, 0.717) is 12.6 Å². The Bertz CT molecular complexity index is 317. The highest BCUT2D eigenvalue weighted by molar-refractivity contribution is 7.99. The summed E-state index contributed by atoms with van der Waals surface area (Å²) in [6, 6.07) is 9.19. The molecule has 0 saturated carbocycles. The van der Waals surface area contributed by atoms with Gasteiger partial charge in [0, 0.05) is 37.2 Å². The van der Waals surface area contributed by atoms with Gasteiger partial charge in [0.2, 0.25) is 0 Å². The Balaban J connectivity index is 2.11. The number of aryl methyl sites for hydroxylation is 1. The van der Waals surface area contributed by atoms with E-state index in [2.05, 4.69) is 36.1 Å². The van der Waals surface area contributed by atoms with Crippen molar-refractivity contribution < 1.29 is 0 Å². The average molecular weight is 236 g/mol. The molecular weight excluding hydrogens is 216 g/mol. The Kier molecular flexibility index (Phi) is 4.27. The first-order chi connectivity index (χ1) is 7.81. The maximum atomic E-state index is 5.93. The molecule has 1 saturated heterocycles. The summed E-state index contributed by atoms with van der Waals surface area (Å²) < 4.78 is 0. The van der Waals surface area contributed by atoms with E-state index >= 15 is 0 Å². The summed E-state index contributed by atoms with van der Waals surface area (Å²) >= 11 is 2.04. The van der Waals surface area contributed by atoms with Crippen LogP contribution in [0.4, 0.5) is 0 Å². The molecule has 0 aromatic heterocycles. The highest BCUT2D eigenvalue weighted by atomic mass is 32.2. The van der Waals surface area contributed by atoms with Crippen LogP contribution in [-0.4, -0.2) is 36.0 Å². The van der Waals surface area contributed by atoms with Crippen LogP contribution in [0.2, 0.25) is 0 Å². The highest BCUT2D eigenvalue weighted by Gasteiger charge is 2.20. The number of hydrogen-bond acceptors (Lipinski definition) is 3. The predicted octanol–water partition coefficient (Wildman–Crippen LogP) is 2.04. The first kappa shape index (κ1) is 12.0. The van der Waals surface area contributed by atoms with Gasteiger partial charge in [0.15, 0.2) is 0 Å². The first-order valence-electron chi connectivity index (χ1n) is 5.89. The van der Waals surface area contributed by atoms with Gasteiger partial charge in [0.1, 0.15) is 0 Å². The van der Waals surface area contributed by atoms with E-state index in [1.807, 2.05) is 11.8 Å². The Morgan fingerprint density at radius 3 is 2.44 bits per heavy atom. The summed E-state index contributed by atoms with van der Waals surface area (Å²) in [6.07, 6.45) is 0. The largest absolute Gasteiger partial charge is 0.329 e. The van der Waals surface area contributed by atoms with Gasteiger partial charge in [-0.05, 0) is 12.5 Å². The van der Waals surface area contributed by atoms with Crippen LogP contribution >= 0.6 is 11.8 Å². The lowest BCUT2D eigenvalue weighted by molar-refractivity contribution is 0.223. The van der Waals surface area contributed by atoms with Crippen LogP contribution in [0.5, 0.6) is 0 Å². The standard InChI is InChI=1S/C13H20N2S/c1-11-2-4-12(5-3-11)13(10-14)15-6-8-16-9-7-15/h2-5,13H,6-10,14H2,1H3. The quantitative estimate of drug-likeness (QED) is 0.871. The van der Waals surface area contributed by atoms with Crippen molar-refractivity contribution in [1.82, 2.24) is 4.90 Å². The van der Waals surface area contributed by atoms with Crippen LogP contribution in [0, 0.1) is 6.92 Å². The van der Waals surface area contributed by atoms with Gasteiger partial charge in [-0.3, -0.25) is 4.90 Å². The summed E-state index contributed by atoms with van der Waals surface area (Å²) in [5, 5.41) is 0. The molecule has 1 aromatic rings. The fourth-order valence-electron chi connectivity index (χ4n) is 2.17. The molecule has 0 amide bonds. The van der Waals surface area contributed by atoms with Crippen molar-refractivity contribution in [2.45, 2.75) is 13.0 Å². The van der Waals surface area contributed by atoms with Gasteiger partial charge in [0.05, 0.1) is 0 Å². The maximum Gasteiger partial charge on any atom is 0.0471 e. The molecule has 1 heterocycles. The van der Waals surface area contributed by atoms with Crippen LogP contribution in [0.15, 0.2) is 24.3 Å². The van der Waals surface area contributed by atoms with Crippen LogP contribution < -0.4 is 5.73 Å². The van der Waals surface area contributed by atoms with E-state index in [9.17, 15) is 0 Å². The Hall–Kier alpha value is -0.510. The molecule has 1 aromatic carbocycles. The topological polar surface area (TPSA) is 29.3 Å². The number of rotatable bonds is 3.